The lowest BCUT2D eigenvalue weighted by Crippen LogP contribution is -2.07. The number of benzene rings is 1. The van der Waals surface area contributed by atoms with E-state index in [2.05, 4.69) is 26.4 Å². The van der Waals surface area contributed by atoms with Crippen LogP contribution in [0, 0.1) is 0 Å². The topological polar surface area (TPSA) is 30.5 Å². The molecule has 0 heterocycles. The van der Waals surface area contributed by atoms with Crippen molar-refractivity contribution in [2.75, 3.05) is 10.6 Å². The standard InChI is InChI=1S/C10H14INO2/c1-7(2)14-10-8(12-11)5-4-6-9(10)13-3/h4-7,12H,1-3H3. The Morgan fingerprint density at radius 3 is 2.57 bits per heavy atom. The van der Waals surface area contributed by atoms with Crippen LogP contribution < -0.4 is 13.0 Å². The van der Waals surface area contributed by atoms with Gasteiger partial charge in [-0.05, 0) is 26.0 Å². The van der Waals surface area contributed by atoms with Gasteiger partial charge >= 0.3 is 0 Å². The molecule has 0 aliphatic rings. The fourth-order valence-electron chi connectivity index (χ4n) is 1.11. The van der Waals surface area contributed by atoms with Gasteiger partial charge in [-0.25, -0.2) is 0 Å². The maximum absolute atomic E-state index is 5.67. The summed E-state index contributed by atoms with van der Waals surface area (Å²) in [6.07, 6.45) is 0.134. The van der Waals surface area contributed by atoms with Crippen molar-refractivity contribution in [3.05, 3.63) is 18.2 Å². The van der Waals surface area contributed by atoms with E-state index in [-0.39, 0.29) is 6.10 Å². The molecule has 0 saturated carbocycles. The second kappa shape index (κ2) is 5.29. The molecule has 14 heavy (non-hydrogen) atoms. The maximum Gasteiger partial charge on any atom is 0.185 e. The number of methoxy groups -OCH3 is 1. The van der Waals surface area contributed by atoms with Crippen molar-refractivity contribution in [3.63, 3.8) is 0 Å². The molecule has 4 heteroatoms. The Morgan fingerprint density at radius 1 is 1.36 bits per heavy atom. The van der Waals surface area contributed by atoms with E-state index in [1.54, 1.807) is 7.11 Å². The smallest absolute Gasteiger partial charge is 0.185 e. The van der Waals surface area contributed by atoms with E-state index < -0.39 is 0 Å². The normalized spacial score (nSPS) is 10.1. The van der Waals surface area contributed by atoms with E-state index in [1.807, 2.05) is 32.0 Å². The molecule has 1 aromatic rings. The molecule has 0 spiro atoms. The Labute approximate surface area is 98.3 Å². The molecule has 0 saturated heterocycles. The summed E-state index contributed by atoms with van der Waals surface area (Å²) in [6.45, 7) is 3.98. The van der Waals surface area contributed by atoms with Crippen LogP contribution in [0.15, 0.2) is 18.2 Å². The minimum absolute atomic E-state index is 0.134. The van der Waals surface area contributed by atoms with Crippen molar-refractivity contribution in [2.45, 2.75) is 20.0 Å². The molecule has 0 radical (unpaired) electrons. The van der Waals surface area contributed by atoms with E-state index >= 15 is 0 Å². The van der Waals surface area contributed by atoms with Crippen LogP contribution in [-0.2, 0) is 0 Å². The molecule has 1 aromatic carbocycles. The van der Waals surface area contributed by atoms with Crippen molar-refractivity contribution < 1.29 is 9.47 Å². The maximum atomic E-state index is 5.67. The molecule has 78 valence electrons. The molecule has 0 amide bonds. The second-order valence-electron chi connectivity index (χ2n) is 3.10. The zero-order chi connectivity index (χ0) is 10.6. The third-order valence-electron chi connectivity index (χ3n) is 1.65. The summed E-state index contributed by atoms with van der Waals surface area (Å²) in [5.74, 6) is 1.51. The van der Waals surface area contributed by atoms with Gasteiger partial charge in [-0.1, -0.05) is 6.07 Å². The highest BCUT2D eigenvalue weighted by atomic mass is 127. The summed E-state index contributed by atoms with van der Waals surface area (Å²) in [5.41, 5.74) is 0.929. The van der Waals surface area contributed by atoms with Crippen LogP contribution in [0.2, 0.25) is 0 Å². The predicted octanol–water partition coefficient (Wildman–Crippen LogP) is 3.24. The Balaban J connectivity index is 3.05. The first-order valence-corrected chi connectivity index (χ1v) is 5.47. The van der Waals surface area contributed by atoms with Gasteiger partial charge in [0.25, 0.3) is 0 Å². The molecular weight excluding hydrogens is 293 g/mol. The number of ether oxygens (including phenoxy) is 2. The van der Waals surface area contributed by atoms with E-state index in [0.29, 0.717) is 0 Å². The van der Waals surface area contributed by atoms with Gasteiger partial charge in [0.05, 0.1) is 41.8 Å². The van der Waals surface area contributed by atoms with Gasteiger partial charge in [0, 0.05) is 0 Å². The molecule has 3 nitrogen and oxygen atoms in total. The Morgan fingerprint density at radius 2 is 2.07 bits per heavy atom. The highest BCUT2D eigenvalue weighted by Gasteiger charge is 2.10. The fourth-order valence-corrected chi connectivity index (χ4v) is 1.53. The molecule has 0 aromatic heterocycles. The average molecular weight is 307 g/mol. The number of rotatable bonds is 4. The Kier molecular flexibility index (Phi) is 4.31. The van der Waals surface area contributed by atoms with E-state index in [9.17, 15) is 0 Å². The monoisotopic (exact) mass is 307 g/mol. The molecule has 1 rings (SSSR count). The lowest BCUT2D eigenvalue weighted by atomic mass is 10.2. The van der Waals surface area contributed by atoms with E-state index in [4.69, 9.17) is 9.47 Å². The summed E-state index contributed by atoms with van der Waals surface area (Å²) in [6, 6.07) is 5.76. The summed E-state index contributed by atoms with van der Waals surface area (Å²) in [5, 5.41) is 0. The van der Waals surface area contributed by atoms with Crippen LogP contribution in [0.1, 0.15) is 13.8 Å². The zero-order valence-electron chi connectivity index (χ0n) is 8.50. The van der Waals surface area contributed by atoms with Crippen LogP contribution in [0.5, 0.6) is 11.5 Å². The SMILES string of the molecule is COc1cccc(NI)c1OC(C)C. The van der Waals surface area contributed by atoms with Crippen molar-refractivity contribution in [2.24, 2.45) is 0 Å². The Bertz CT molecular complexity index is 280. The Hall–Kier alpha value is -0.650. The number of halogens is 1. The summed E-state index contributed by atoms with van der Waals surface area (Å²) in [4.78, 5) is 0. The number of hydrogen-bond acceptors (Lipinski definition) is 3. The van der Waals surface area contributed by atoms with Crippen LogP contribution in [0.4, 0.5) is 5.69 Å². The number of para-hydroxylation sites is 1. The van der Waals surface area contributed by atoms with Crippen molar-refractivity contribution >= 4 is 28.6 Å². The summed E-state index contributed by atoms with van der Waals surface area (Å²) in [7, 11) is 1.64. The van der Waals surface area contributed by atoms with Gasteiger partial charge in [0.1, 0.15) is 0 Å². The third kappa shape index (κ3) is 2.67. The second-order valence-corrected chi connectivity index (χ2v) is 3.64. The van der Waals surface area contributed by atoms with Crippen LogP contribution in [0.3, 0.4) is 0 Å². The number of anilines is 1. The quantitative estimate of drug-likeness (QED) is 0.684. The lowest BCUT2D eigenvalue weighted by molar-refractivity contribution is 0.231. The minimum Gasteiger partial charge on any atom is -0.493 e. The van der Waals surface area contributed by atoms with Crippen molar-refractivity contribution in [1.82, 2.24) is 0 Å². The van der Waals surface area contributed by atoms with Crippen LogP contribution in [-0.4, -0.2) is 13.2 Å². The van der Waals surface area contributed by atoms with Gasteiger partial charge in [-0.3, -0.25) is 0 Å². The van der Waals surface area contributed by atoms with Gasteiger partial charge in [0.15, 0.2) is 11.5 Å². The van der Waals surface area contributed by atoms with E-state index in [0.717, 1.165) is 17.2 Å². The van der Waals surface area contributed by atoms with Crippen molar-refractivity contribution in [1.29, 1.82) is 0 Å². The molecule has 0 fully saturated rings. The van der Waals surface area contributed by atoms with E-state index in [1.165, 1.54) is 0 Å². The third-order valence-corrected chi connectivity index (χ3v) is 2.24. The predicted molar refractivity (Wildman–Crippen MR) is 66.4 cm³/mol. The van der Waals surface area contributed by atoms with Crippen molar-refractivity contribution in [3.8, 4) is 11.5 Å². The molecule has 0 atom stereocenters. The first-order valence-electron chi connectivity index (χ1n) is 4.39. The number of nitrogens with one attached hydrogen (secondary N) is 1. The average Bonchev–Trinajstić information content (AvgIpc) is 2.17. The molecule has 0 bridgehead atoms. The zero-order valence-corrected chi connectivity index (χ0v) is 10.7. The van der Waals surface area contributed by atoms with Crippen LogP contribution in [0.25, 0.3) is 0 Å². The van der Waals surface area contributed by atoms with Gasteiger partial charge in [-0.2, -0.15) is 0 Å². The molecule has 0 aliphatic heterocycles. The summed E-state index contributed by atoms with van der Waals surface area (Å²) < 4.78 is 13.9. The molecule has 1 N–H and O–H groups in total. The highest BCUT2D eigenvalue weighted by molar-refractivity contribution is 14.1. The number of hydrogen-bond donors (Lipinski definition) is 1. The van der Waals surface area contributed by atoms with Gasteiger partial charge < -0.3 is 13.0 Å². The van der Waals surface area contributed by atoms with Gasteiger partial charge in [0.2, 0.25) is 0 Å². The van der Waals surface area contributed by atoms with Crippen LogP contribution >= 0.6 is 22.9 Å². The molecular formula is C10H14INO2. The largest absolute Gasteiger partial charge is 0.493 e. The minimum atomic E-state index is 0.134. The first-order chi connectivity index (χ1) is 6.69. The lowest BCUT2D eigenvalue weighted by Gasteiger charge is -2.16. The molecule has 0 unspecified atom stereocenters. The highest BCUT2D eigenvalue weighted by Crippen LogP contribution is 2.36. The summed E-state index contributed by atoms with van der Waals surface area (Å²) >= 11 is 2.07. The molecule has 0 aliphatic carbocycles. The fraction of sp³-hybridized carbons (Fsp3) is 0.400. The van der Waals surface area contributed by atoms with Gasteiger partial charge in [-0.15, -0.1) is 0 Å². The first kappa shape index (κ1) is 11.4.